The van der Waals surface area contributed by atoms with Crippen LogP contribution in [0, 0.1) is 28.0 Å². The minimum absolute atomic E-state index is 0.0193. The molecule has 1 aromatic heterocycles. The van der Waals surface area contributed by atoms with Crippen molar-refractivity contribution in [2.75, 3.05) is 7.11 Å². The zero-order chi connectivity index (χ0) is 11.9. The molecule has 0 fully saturated rings. The number of rotatable bonds is 2. The van der Waals surface area contributed by atoms with Gasteiger partial charge in [0, 0.05) is 0 Å². The van der Waals surface area contributed by atoms with Crippen molar-refractivity contribution < 1.29 is 41.1 Å². The topological polar surface area (TPSA) is 98.3 Å². The molecule has 3 N–H and O–H groups in total. The molecule has 1 unspecified atom stereocenters. The molecule has 0 spiro atoms. The summed E-state index contributed by atoms with van der Waals surface area (Å²) in [5, 5.41) is 15.9. The van der Waals surface area contributed by atoms with Gasteiger partial charge in [-0.2, -0.15) is 0 Å². The summed E-state index contributed by atoms with van der Waals surface area (Å²) in [6.07, 6.45) is 0.195. The Morgan fingerprint density at radius 2 is 2.38 bits per heavy atom. The summed E-state index contributed by atoms with van der Waals surface area (Å²) in [7, 11) is 1.31. The number of halogens is 1. The van der Waals surface area contributed by atoms with Gasteiger partial charge in [-0.25, -0.2) is 0 Å². The summed E-state index contributed by atoms with van der Waals surface area (Å²) in [6.45, 7) is 0. The van der Waals surface area contributed by atoms with Crippen LogP contribution in [0.15, 0.2) is 0 Å². The summed E-state index contributed by atoms with van der Waals surface area (Å²) in [5.74, 6) is -1.79. The minimum atomic E-state index is -2.68. The van der Waals surface area contributed by atoms with Crippen LogP contribution in [0.3, 0.4) is 0 Å². The molecule has 1 aliphatic rings. The first-order valence-electron chi connectivity index (χ1n) is 4.30. The number of fused-ring (bicyclic) bond motifs is 1. The van der Waals surface area contributed by atoms with E-state index in [1.807, 2.05) is 0 Å². The summed E-state index contributed by atoms with van der Waals surface area (Å²) in [6, 6.07) is 0. The van der Waals surface area contributed by atoms with Gasteiger partial charge in [0.1, 0.15) is 0 Å². The van der Waals surface area contributed by atoms with Gasteiger partial charge < -0.3 is 0 Å². The molecule has 88 valence electrons. The van der Waals surface area contributed by atoms with Crippen LogP contribution in [-0.4, -0.2) is 28.4 Å². The second kappa shape index (κ2) is 4.18. The molecule has 0 bridgehead atoms. The van der Waals surface area contributed by atoms with E-state index in [1.54, 1.807) is 0 Å². The fraction of sp³-hybridized carbons (Fsp3) is 0.375. The molecule has 0 aliphatic carbocycles. The zero-order valence-corrected chi connectivity index (χ0v) is 11.2. The number of hydrogen-bond donors (Lipinski definition) is 2. The summed E-state index contributed by atoms with van der Waals surface area (Å²) in [4.78, 5) is 10.9. The van der Waals surface area contributed by atoms with Gasteiger partial charge in [-0.3, -0.25) is 0 Å². The molecule has 2 rings (SSSR count). The van der Waals surface area contributed by atoms with E-state index in [-0.39, 0.29) is 12.2 Å². The van der Waals surface area contributed by atoms with E-state index in [4.69, 9.17) is 13.5 Å². The zero-order valence-electron chi connectivity index (χ0n) is 8.28. The maximum atomic E-state index is 13.2. The van der Waals surface area contributed by atoms with Gasteiger partial charge in [-0.05, 0) is 0 Å². The van der Waals surface area contributed by atoms with E-state index < -0.39 is 37.6 Å². The van der Waals surface area contributed by atoms with Crippen molar-refractivity contribution in [2.45, 2.75) is 10.0 Å². The van der Waals surface area contributed by atoms with Crippen LogP contribution in [0.25, 0.3) is 0 Å². The van der Waals surface area contributed by atoms with Crippen molar-refractivity contribution in [3.63, 3.8) is 0 Å². The van der Waals surface area contributed by atoms with E-state index in [1.165, 1.54) is 7.11 Å². The van der Waals surface area contributed by atoms with Crippen molar-refractivity contribution in [1.82, 2.24) is 10.2 Å². The third-order valence-corrected chi connectivity index (χ3v) is 8.60. The number of nitrogens with zero attached hydrogens (tertiary/aromatic N) is 2. The predicted molar refractivity (Wildman–Crippen MR) is 47.5 cm³/mol. The van der Waals surface area contributed by atoms with Crippen molar-refractivity contribution in [1.29, 1.82) is 0 Å². The first-order valence-corrected chi connectivity index (χ1v) is 9.16. The van der Waals surface area contributed by atoms with Gasteiger partial charge in [0.25, 0.3) is 0 Å². The van der Waals surface area contributed by atoms with Crippen LogP contribution in [0.2, 0.25) is 3.63 Å². The molecule has 1 aliphatic heterocycles. The Morgan fingerprint density at radius 1 is 1.69 bits per heavy atom. The molecule has 1 atom stereocenters. The molecule has 0 saturated carbocycles. The van der Waals surface area contributed by atoms with E-state index in [0.717, 1.165) is 0 Å². The fourth-order valence-corrected chi connectivity index (χ4v) is 6.69. The van der Waals surface area contributed by atoms with Crippen LogP contribution in [0.4, 0.5) is 4.39 Å². The normalized spacial score (nSPS) is 20.7. The van der Waals surface area contributed by atoms with Crippen LogP contribution in [0.1, 0.15) is 5.56 Å². The summed E-state index contributed by atoms with van der Waals surface area (Å²) >= 11 is -2.68. The molecule has 0 radical (unpaired) electrons. The van der Waals surface area contributed by atoms with E-state index in [9.17, 15) is 9.18 Å². The number of carboxylic acid groups (broad SMARTS) is 1. The second-order valence-electron chi connectivity index (χ2n) is 3.15. The Balaban J connectivity index is 2.50. The third-order valence-electron chi connectivity index (χ3n) is 2.28. The maximum absolute atomic E-state index is 13.2. The SMILES string of the molecule is COc1c(F)nnc2c1CC(C(=O)O)[At]2N. The van der Waals surface area contributed by atoms with Gasteiger partial charge in [-0.15, -0.1) is 0 Å². The van der Waals surface area contributed by atoms with Crippen molar-refractivity contribution >= 4 is 9.37 Å². The summed E-state index contributed by atoms with van der Waals surface area (Å²) in [5.41, 5.74) is 0.480. The fourth-order valence-electron chi connectivity index (χ4n) is 1.55. The standard InChI is InChI=1S/C8H9AtFN3O3/c1-16-5-3-2-4(8(14)15)9(11)6(3)12-13-7(5)10/h4H,2,11H2,1H3,(H,14,15). The van der Waals surface area contributed by atoms with E-state index in [2.05, 4.69) is 10.2 Å². The molecular formula is C8H9AtFN3O3. The first kappa shape index (κ1) is 11.6. The van der Waals surface area contributed by atoms with Gasteiger partial charge in [0.2, 0.25) is 0 Å². The third kappa shape index (κ3) is 1.66. The van der Waals surface area contributed by atoms with Crippen LogP contribution >= 0.6 is 0 Å². The first-order chi connectivity index (χ1) is 7.56. The molecule has 0 amide bonds. The van der Waals surface area contributed by atoms with Gasteiger partial charge >= 0.3 is 98.7 Å². The number of carboxylic acids is 1. The van der Waals surface area contributed by atoms with Gasteiger partial charge in [0.05, 0.1) is 0 Å². The predicted octanol–water partition coefficient (Wildman–Crippen LogP) is -0.827. The number of nitrogens with two attached hydrogens (primary N) is 1. The Morgan fingerprint density at radius 3 is 2.94 bits per heavy atom. The number of ether oxygens (including phenoxy) is 1. The molecule has 16 heavy (non-hydrogen) atoms. The summed E-state index contributed by atoms with van der Waals surface area (Å²) < 4.78 is 23.9. The number of methoxy groups -OCH3 is 1. The molecule has 0 saturated heterocycles. The van der Waals surface area contributed by atoms with Crippen molar-refractivity contribution in [2.24, 2.45) is 3.68 Å². The van der Waals surface area contributed by atoms with Crippen LogP contribution in [0.5, 0.6) is 5.75 Å². The Hall–Kier alpha value is -0.877. The number of hydrogen-bond acceptors (Lipinski definition) is 5. The Labute approximate surface area is 98.7 Å². The molecular weight excluding hydrogens is 415 g/mol. The van der Waals surface area contributed by atoms with E-state index in [0.29, 0.717) is 8.97 Å². The average Bonchev–Trinajstić information content (AvgIpc) is 2.56. The molecule has 2 heterocycles. The van der Waals surface area contributed by atoms with Crippen molar-refractivity contribution in [3.05, 3.63) is 11.5 Å². The monoisotopic (exact) mass is 424 g/mol. The van der Waals surface area contributed by atoms with Crippen LogP contribution in [-0.2, 0) is 11.2 Å². The Bertz CT molecular complexity index is 456. The quantitative estimate of drug-likeness (QED) is 0.644. The Kier molecular flexibility index (Phi) is 3.03. The van der Waals surface area contributed by atoms with E-state index >= 15 is 0 Å². The molecule has 8 heteroatoms. The van der Waals surface area contributed by atoms with Gasteiger partial charge in [-0.1, -0.05) is 0 Å². The average molecular weight is 424 g/mol. The van der Waals surface area contributed by atoms with Crippen molar-refractivity contribution in [3.8, 4) is 5.75 Å². The second-order valence-corrected chi connectivity index (χ2v) is 9.26. The molecule has 0 aromatic carbocycles. The number of carbonyl (C=O) groups is 1. The van der Waals surface area contributed by atoms with Gasteiger partial charge in [0.15, 0.2) is 0 Å². The van der Waals surface area contributed by atoms with Crippen LogP contribution < -0.4 is 11.8 Å². The number of aromatic nitrogens is 2. The molecule has 6 nitrogen and oxygen atoms in total. The number of aliphatic carboxylic acids is 1. The molecule has 1 aromatic rings.